The summed E-state index contributed by atoms with van der Waals surface area (Å²) in [5, 5.41) is 12.9. The van der Waals surface area contributed by atoms with Crippen LogP contribution in [0.25, 0.3) is 0 Å². The summed E-state index contributed by atoms with van der Waals surface area (Å²) in [6.07, 6.45) is 7.12. The topological polar surface area (TPSA) is 96.1 Å². The van der Waals surface area contributed by atoms with E-state index in [4.69, 9.17) is 5.84 Å². The van der Waals surface area contributed by atoms with E-state index in [1.54, 1.807) is 0 Å². The Bertz CT molecular complexity index is 426. The van der Waals surface area contributed by atoms with Crippen LogP contribution in [0.15, 0.2) is 6.33 Å². The van der Waals surface area contributed by atoms with E-state index in [0.717, 1.165) is 30.8 Å². The van der Waals surface area contributed by atoms with Gasteiger partial charge in [0.05, 0.1) is 0 Å². The minimum absolute atomic E-state index is 0.284. The number of aliphatic hydroxyl groups is 1. The van der Waals surface area contributed by atoms with Crippen molar-refractivity contribution in [3.63, 3.8) is 0 Å². The summed E-state index contributed by atoms with van der Waals surface area (Å²) in [5.41, 5.74) is 3.62. The maximum absolute atomic E-state index is 9.46. The average molecular weight is 279 g/mol. The second kappa shape index (κ2) is 7.40. The van der Waals surface area contributed by atoms with Gasteiger partial charge in [-0.15, -0.1) is 0 Å². The molecule has 0 radical (unpaired) electrons. The summed E-state index contributed by atoms with van der Waals surface area (Å²) in [7, 11) is 0. The summed E-state index contributed by atoms with van der Waals surface area (Å²) in [4.78, 5) is 8.44. The van der Waals surface area contributed by atoms with Gasteiger partial charge in [-0.2, -0.15) is 0 Å². The van der Waals surface area contributed by atoms with Crippen LogP contribution in [0.3, 0.4) is 0 Å². The molecule has 5 N–H and O–H groups in total. The number of aromatic nitrogens is 2. The molecule has 0 spiro atoms. The van der Waals surface area contributed by atoms with E-state index in [-0.39, 0.29) is 6.61 Å². The van der Waals surface area contributed by atoms with E-state index < -0.39 is 0 Å². The fourth-order valence-electron chi connectivity index (χ4n) is 3.05. The lowest BCUT2D eigenvalue weighted by Gasteiger charge is -2.30. The fourth-order valence-corrected chi connectivity index (χ4v) is 3.05. The van der Waals surface area contributed by atoms with Gasteiger partial charge in [-0.1, -0.05) is 19.8 Å². The molecule has 20 heavy (non-hydrogen) atoms. The number of nitrogen functional groups attached to an aromatic ring is 1. The highest BCUT2D eigenvalue weighted by molar-refractivity contribution is 5.56. The highest BCUT2D eigenvalue weighted by atomic mass is 16.3. The molecule has 1 aliphatic rings. The van der Waals surface area contributed by atoms with Gasteiger partial charge in [0.1, 0.15) is 18.0 Å². The van der Waals surface area contributed by atoms with Gasteiger partial charge < -0.3 is 15.8 Å². The monoisotopic (exact) mass is 279 g/mol. The zero-order valence-corrected chi connectivity index (χ0v) is 12.1. The quantitative estimate of drug-likeness (QED) is 0.466. The minimum Gasteiger partial charge on any atom is -0.396 e. The maximum atomic E-state index is 9.46. The Morgan fingerprint density at radius 3 is 2.60 bits per heavy atom. The van der Waals surface area contributed by atoms with Gasteiger partial charge in [0, 0.05) is 18.7 Å². The molecule has 1 fully saturated rings. The number of hydrogen-bond donors (Lipinski definition) is 4. The first-order chi connectivity index (χ1) is 9.80. The van der Waals surface area contributed by atoms with Crippen LogP contribution in [0.2, 0.25) is 0 Å². The Balaban J connectivity index is 2.03. The standard InChI is InChI=1S/C14H25N5O/c1-2-12-13(17-9-18-14(12)19-15)16-7-10-5-3-4-6-11(10)8-20/h9-11,20H,2-8,15H2,1H3,(H2,16,17,18,19). The van der Waals surface area contributed by atoms with Crippen molar-refractivity contribution < 1.29 is 5.11 Å². The molecule has 1 aromatic rings. The molecular formula is C14H25N5O. The van der Waals surface area contributed by atoms with Crippen molar-refractivity contribution in [3.8, 4) is 0 Å². The lowest BCUT2D eigenvalue weighted by molar-refractivity contribution is 0.141. The lowest BCUT2D eigenvalue weighted by Crippen LogP contribution is -2.29. The smallest absolute Gasteiger partial charge is 0.148 e. The fraction of sp³-hybridized carbons (Fsp3) is 0.714. The number of hydrogen-bond acceptors (Lipinski definition) is 6. The van der Waals surface area contributed by atoms with Crippen molar-refractivity contribution in [2.45, 2.75) is 39.0 Å². The van der Waals surface area contributed by atoms with Crippen LogP contribution >= 0.6 is 0 Å². The van der Waals surface area contributed by atoms with Crippen LogP contribution in [0, 0.1) is 11.8 Å². The largest absolute Gasteiger partial charge is 0.396 e. The normalized spacial score (nSPS) is 22.6. The van der Waals surface area contributed by atoms with Crippen LogP contribution in [-0.2, 0) is 6.42 Å². The zero-order valence-electron chi connectivity index (χ0n) is 12.1. The first kappa shape index (κ1) is 15.0. The van der Waals surface area contributed by atoms with E-state index in [2.05, 4.69) is 27.6 Å². The van der Waals surface area contributed by atoms with Crippen molar-refractivity contribution in [2.24, 2.45) is 17.7 Å². The average Bonchev–Trinajstić information content (AvgIpc) is 2.52. The second-order valence-corrected chi connectivity index (χ2v) is 5.42. The van der Waals surface area contributed by atoms with Gasteiger partial charge in [0.15, 0.2) is 0 Å². The predicted molar refractivity (Wildman–Crippen MR) is 80.2 cm³/mol. The molecule has 112 valence electrons. The van der Waals surface area contributed by atoms with Crippen LogP contribution in [-0.4, -0.2) is 28.2 Å². The van der Waals surface area contributed by atoms with Crippen molar-refractivity contribution in [2.75, 3.05) is 23.9 Å². The molecule has 0 saturated heterocycles. The molecule has 0 bridgehead atoms. The number of rotatable bonds is 6. The number of aliphatic hydroxyl groups excluding tert-OH is 1. The van der Waals surface area contributed by atoms with Gasteiger partial charge >= 0.3 is 0 Å². The third-order valence-electron chi connectivity index (χ3n) is 4.27. The van der Waals surface area contributed by atoms with Crippen LogP contribution in [0.5, 0.6) is 0 Å². The number of nitrogens with two attached hydrogens (primary N) is 1. The van der Waals surface area contributed by atoms with E-state index in [9.17, 15) is 5.11 Å². The molecule has 1 heterocycles. The lowest BCUT2D eigenvalue weighted by atomic mass is 9.79. The summed E-state index contributed by atoms with van der Waals surface area (Å²) in [6, 6.07) is 0. The molecule has 0 amide bonds. The predicted octanol–water partition coefficient (Wildman–Crippen LogP) is 1.54. The SMILES string of the molecule is CCc1c(NN)ncnc1NCC1CCCCC1CO. The maximum Gasteiger partial charge on any atom is 0.148 e. The zero-order chi connectivity index (χ0) is 14.4. The summed E-state index contributed by atoms with van der Waals surface area (Å²) >= 11 is 0. The molecule has 0 aliphatic heterocycles. The van der Waals surface area contributed by atoms with Gasteiger partial charge in [-0.3, -0.25) is 0 Å². The van der Waals surface area contributed by atoms with Crippen LogP contribution in [0.1, 0.15) is 38.2 Å². The molecule has 2 unspecified atom stereocenters. The Morgan fingerprint density at radius 2 is 1.95 bits per heavy atom. The van der Waals surface area contributed by atoms with Crippen LogP contribution < -0.4 is 16.6 Å². The number of nitrogens with zero attached hydrogens (tertiary/aromatic N) is 2. The van der Waals surface area contributed by atoms with Crippen molar-refractivity contribution >= 4 is 11.6 Å². The number of hydrazine groups is 1. The van der Waals surface area contributed by atoms with Crippen molar-refractivity contribution in [1.29, 1.82) is 0 Å². The summed E-state index contributed by atoms with van der Waals surface area (Å²) in [6.45, 7) is 3.19. The molecule has 1 aliphatic carbocycles. The Hall–Kier alpha value is -1.40. The van der Waals surface area contributed by atoms with Crippen molar-refractivity contribution in [3.05, 3.63) is 11.9 Å². The molecule has 0 aromatic carbocycles. The summed E-state index contributed by atoms with van der Waals surface area (Å²) < 4.78 is 0. The van der Waals surface area contributed by atoms with E-state index >= 15 is 0 Å². The second-order valence-electron chi connectivity index (χ2n) is 5.42. The molecule has 1 aromatic heterocycles. The molecule has 2 atom stereocenters. The number of anilines is 2. The van der Waals surface area contributed by atoms with Gasteiger partial charge in [0.2, 0.25) is 0 Å². The minimum atomic E-state index is 0.284. The van der Waals surface area contributed by atoms with E-state index in [0.29, 0.717) is 17.7 Å². The third-order valence-corrected chi connectivity index (χ3v) is 4.27. The highest BCUT2D eigenvalue weighted by Crippen LogP contribution is 2.30. The Labute approximate surface area is 120 Å². The summed E-state index contributed by atoms with van der Waals surface area (Å²) in [5.74, 6) is 7.92. The first-order valence-electron chi connectivity index (χ1n) is 7.45. The van der Waals surface area contributed by atoms with Crippen LogP contribution in [0.4, 0.5) is 11.6 Å². The van der Waals surface area contributed by atoms with Crippen molar-refractivity contribution in [1.82, 2.24) is 9.97 Å². The number of nitrogens with one attached hydrogen (secondary N) is 2. The van der Waals surface area contributed by atoms with Gasteiger partial charge in [0.25, 0.3) is 0 Å². The Kier molecular flexibility index (Phi) is 5.55. The van der Waals surface area contributed by atoms with E-state index in [1.165, 1.54) is 25.6 Å². The van der Waals surface area contributed by atoms with Gasteiger partial charge in [-0.05, 0) is 31.1 Å². The molecule has 6 heteroatoms. The van der Waals surface area contributed by atoms with E-state index in [1.807, 2.05) is 0 Å². The molecule has 6 nitrogen and oxygen atoms in total. The van der Waals surface area contributed by atoms with Gasteiger partial charge in [-0.25, -0.2) is 15.8 Å². The third kappa shape index (κ3) is 3.37. The Morgan fingerprint density at radius 1 is 1.25 bits per heavy atom. The highest BCUT2D eigenvalue weighted by Gasteiger charge is 2.24. The molecular weight excluding hydrogens is 254 g/mol. The molecule has 1 saturated carbocycles. The first-order valence-corrected chi connectivity index (χ1v) is 7.45. The molecule has 2 rings (SSSR count).